The zero-order chi connectivity index (χ0) is 26.1. The summed E-state index contributed by atoms with van der Waals surface area (Å²) in [4.78, 5) is 34.6. The molecule has 0 atom stereocenters. The highest BCUT2D eigenvalue weighted by molar-refractivity contribution is 5.99. The molecule has 7 heteroatoms. The van der Waals surface area contributed by atoms with Crippen molar-refractivity contribution < 1.29 is 14.7 Å². The molecule has 38 heavy (non-hydrogen) atoms. The number of piperidine rings is 1. The normalized spacial score (nSPS) is 19.8. The Morgan fingerprint density at radius 2 is 1.58 bits per heavy atom. The fraction of sp³-hybridized carbons (Fsp3) is 0.516. The zero-order valence-electron chi connectivity index (χ0n) is 22.1. The summed E-state index contributed by atoms with van der Waals surface area (Å²) in [6, 6.07) is 10.1. The van der Waals surface area contributed by atoms with Crippen molar-refractivity contribution in [1.29, 1.82) is 0 Å². The molecule has 1 aliphatic carbocycles. The summed E-state index contributed by atoms with van der Waals surface area (Å²) in [5.41, 5.74) is 4.46. The molecule has 1 amide bonds. The summed E-state index contributed by atoms with van der Waals surface area (Å²) in [5, 5.41) is 10.9. The van der Waals surface area contributed by atoms with Gasteiger partial charge >= 0.3 is 5.97 Å². The highest BCUT2D eigenvalue weighted by Crippen LogP contribution is 2.44. The molecule has 1 aromatic carbocycles. The highest BCUT2D eigenvalue weighted by atomic mass is 16.4. The number of nitrogens with zero attached hydrogens (tertiary/aromatic N) is 4. The fourth-order valence-corrected chi connectivity index (χ4v) is 7.12. The number of carbonyl (C=O) groups is 2. The molecule has 1 saturated carbocycles. The first-order chi connectivity index (χ1) is 18.6. The maximum absolute atomic E-state index is 13.8. The minimum absolute atomic E-state index is 0.119. The van der Waals surface area contributed by atoms with Gasteiger partial charge in [-0.2, -0.15) is 0 Å². The molecule has 0 bridgehead atoms. The fourth-order valence-electron chi connectivity index (χ4n) is 7.12. The second kappa shape index (κ2) is 10.9. The number of carboxylic acids is 1. The summed E-state index contributed by atoms with van der Waals surface area (Å²) >= 11 is 0. The number of aromatic carboxylic acids is 1. The number of aromatic nitrogens is 2. The number of likely N-dealkylation sites (tertiary alicyclic amines) is 2. The Morgan fingerprint density at radius 3 is 2.26 bits per heavy atom. The Labute approximate surface area is 224 Å². The van der Waals surface area contributed by atoms with Crippen LogP contribution in [0.25, 0.3) is 22.2 Å². The van der Waals surface area contributed by atoms with Crippen LogP contribution in [0.5, 0.6) is 0 Å². The predicted molar refractivity (Wildman–Crippen MR) is 148 cm³/mol. The van der Waals surface area contributed by atoms with Crippen molar-refractivity contribution in [2.24, 2.45) is 0 Å². The van der Waals surface area contributed by atoms with Crippen molar-refractivity contribution in [1.82, 2.24) is 19.4 Å². The van der Waals surface area contributed by atoms with Crippen molar-refractivity contribution in [2.75, 3.05) is 26.2 Å². The maximum Gasteiger partial charge on any atom is 0.335 e. The zero-order valence-corrected chi connectivity index (χ0v) is 22.1. The predicted octanol–water partition coefficient (Wildman–Crippen LogP) is 5.54. The van der Waals surface area contributed by atoms with Gasteiger partial charge in [-0.05, 0) is 87.4 Å². The van der Waals surface area contributed by atoms with E-state index in [1.54, 1.807) is 24.5 Å². The molecule has 0 unspecified atom stereocenters. The van der Waals surface area contributed by atoms with E-state index in [0.717, 1.165) is 60.9 Å². The molecule has 1 N–H and O–H groups in total. The van der Waals surface area contributed by atoms with Crippen LogP contribution in [0.3, 0.4) is 0 Å². The molecule has 2 aromatic heterocycles. The van der Waals surface area contributed by atoms with E-state index in [1.165, 1.54) is 50.8 Å². The van der Waals surface area contributed by atoms with E-state index < -0.39 is 5.97 Å². The number of hydrogen-bond acceptors (Lipinski definition) is 4. The van der Waals surface area contributed by atoms with E-state index in [9.17, 15) is 14.7 Å². The van der Waals surface area contributed by atoms with E-state index in [-0.39, 0.29) is 18.0 Å². The van der Waals surface area contributed by atoms with E-state index >= 15 is 0 Å². The van der Waals surface area contributed by atoms with Gasteiger partial charge in [0.1, 0.15) is 6.54 Å². The number of hydrogen-bond donors (Lipinski definition) is 1. The summed E-state index contributed by atoms with van der Waals surface area (Å²) in [6.07, 6.45) is 14.2. The SMILES string of the molecule is O=C(O)c1ccc2c(C3CCCCC3)c(-c3ccncc3)n(CC(=O)N3CCC(N4CCCC4)CC3)c2c1. The van der Waals surface area contributed by atoms with Crippen LogP contribution in [0, 0.1) is 0 Å². The number of rotatable bonds is 6. The third-order valence-electron chi connectivity index (χ3n) is 9.09. The summed E-state index contributed by atoms with van der Waals surface area (Å²) in [6.45, 7) is 4.19. The second-order valence-electron chi connectivity index (χ2n) is 11.3. The molecule has 3 aromatic rings. The number of fused-ring (bicyclic) bond motifs is 1. The smallest absolute Gasteiger partial charge is 0.335 e. The lowest BCUT2D eigenvalue weighted by molar-refractivity contribution is -0.133. The first kappa shape index (κ1) is 25.1. The molecule has 0 radical (unpaired) electrons. The van der Waals surface area contributed by atoms with Crippen LogP contribution in [-0.4, -0.2) is 68.6 Å². The van der Waals surface area contributed by atoms with Gasteiger partial charge in [0.15, 0.2) is 0 Å². The van der Waals surface area contributed by atoms with Crippen LogP contribution in [0.1, 0.15) is 79.6 Å². The van der Waals surface area contributed by atoms with Gasteiger partial charge in [-0.1, -0.05) is 25.3 Å². The first-order valence-corrected chi connectivity index (χ1v) is 14.4. The van der Waals surface area contributed by atoms with E-state index in [2.05, 4.69) is 14.5 Å². The molecule has 0 spiro atoms. The lowest BCUT2D eigenvalue weighted by atomic mass is 9.82. The Balaban J connectivity index is 1.39. The quantitative estimate of drug-likeness (QED) is 0.468. The average Bonchev–Trinajstić information content (AvgIpc) is 3.61. The Morgan fingerprint density at radius 1 is 0.868 bits per heavy atom. The van der Waals surface area contributed by atoms with Gasteiger partial charge in [-0.3, -0.25) is 9.78 Å². The lowest BCUT2D eigenvalue weighted by Crippen LogP contribution is -2.46. The molecular formula is C31H38N4O3. The minimum Gasteiger partial charge on any atom is -0.478 e. The van der Waals surface area contributed by atoms with Gasteiger partial charge in [-0.25, -0.2) is 4.79 Å². The van der Waals surface area contributed by atoms with Gasteiger partial charge < -0.3 is 19.5 Å². The largest absolute Gasteiger partial charge is 0.478 e. The van der Waals surface area contributed by atoms with Crippen LogP contribution in [0.15, 0.2) is 42.7 Å². The average molecular weight is 515 g/mol. The van der Waals surface area contributed by atoms with E-state index in [0.29, 0.717) is 12.0 Å². The number of carbonyl (C=O) groups excluding carboxylic acids is 1. The molecule has 7 nitrogen and oxygen atoms in total. The van der Waals surface area contributed by atoms with Crippen LogP contribution >= 0.6 is 0 Å². The van der Waals surface area contributed by atoms with Gasteiger partial charge in [0.05, 0.1) is 16.8 Å². The molecule has 2 aliphatic heterocycles. The van der Waals surface area contributed by atoms with Gasteiger partial charge in [0.2, 0.25) is 5.91 Å². The van der Waals surface area contributed by atoms with E-state index in [4.69, 9.17) is 0 Å². The van der Waals surface area contributed by atoms with E-state index in [1.807, 2.05) is 23.1 Å². The van der Waals surface area contributed by atoms with Gasteiger partial charge in [0, 0.05) is 42.5 Å². The van der Waals surface area contributed by atoms with Crippen LogP contribution < -0.4 is 0 Å². The molecule has 3 fully saturated rings. The third-order valence-corrected chi connectivity index (χ3v) is 9.09. The van der Waals surface area contributed by atoms with Crippen molar-refractivity contribution in [3.63, 3.8) is 0 Å². The minimum atomic E-state index is -0.945. The topological polar surface area (TPSA) is 78.7 Å². The van der Waals surface area contributed by atoms with Crippen molar-refractivity contribution in [3.05, 3.63) is 53.9 Å². The van der Waals surface area contributed by atoms with Gasteiger partial charge in [0.25, 0.3) is 0 Å². The molecule has 2 saturated heterocycles. The lowest BCUT2D eigenvalue weighted by Gasteiger charge is -2.36. The highest BCUT2D eigenvalue weighted by Gasteiger charge is 2.31. The molecule has 4 heterocycles. The Kier molecular flexibility index (Phi) is 7.20. The summed E-state index contributed by atoms with van der Waals surface area (Å²) < 4.78 is 2.11. The molecular weight excluding hydrogens is 476 g/mol. The number of carboxylic acid groups (broad SMARTS) is 1. The molecule has 3 aliphatic rings. The second-order valence-corrected chi connectivity index (χ2v) is 11.3. The van der Waals surface area contributed by atoms with Crippen LogP contribution in [-0.2, 0) is 11.3 Å². The number of pyridine rings is 1. The summed E-state index contributed by atoms with van der Waals surface area (Å²) in [5.74, 6) is -0.426. The van der Waals surface area contributed by atoms with Gasteiger partial charge in [-0.15, -0.1) is 0 Å². The standard InChI is InChI=1S/C31H38N4O3/c36-28(34-18-12-25(13-19-34)33-16-4-5-17-33)21-35-27-20-24(31(37)38)8-9-26(27)29(22-6-2-1-3-7-22)30(35)23-10-14-32-15-11-23/h8-11,14-15,20,22,25H,1-7,12-13,16-19,21H2,(H,37,38). The van der Waals surface area contributed by atoms with Crippen molar-refractivity contribution in [2.45, 2.75) is 76.3 Å². The van der Waals surface area contributed by atoms with Crippen LogP contribution in [0.2, 0.25) is 0 Å². The summed E-state index contributed by atoms with van der Waals surface area (Å²) in [7, 11) is 0. The molecule has 200 valence electrons. The Bertz CT molecular complexity index is 1300. The van der Waals surface area contributed by atoms with Crippen molar-refractivity contribution in [3.8, 4) is 11.3 Å². The maximum atomic E-state index is 13.8. The first-order valence-electron chi connectivity index (χ1n) is 14.4. The monoisotopic (exact) mass is 514 g/mol. The van der Waals surface area contributed by atoms with Crippen molar-refractivity contribution >= 4 is 22.8 Å². The third kappa shape index (κ3) is 4.84. The Hall–Kier alpha value is -3.19. The molecule has 6 rings (SSSR count). The number of amides is 1. The number of benzene rings is 1. The van der Waals surface area contributed by atoms with Crippen LogP contribution in [0.4, 0.5) is 0 Å².